The summed E-state index contributed by atoms with van der Waals surface area (Å²) in [5.41, 5.74) is 0. The summed E-state index contributed by atoms with van der Waals surface area (Å²) in [6.45, 7) is 3.61. The Hall–Kier alpha value is 0.0400. The zero-order chi connectivity index (χ0) is 7.56. The molecule has 0 spiro atoms. The van der Waals surface area contributed by atoms with Gasteiger partial charge in [0.2, 0.25) is 0 Å². The SMILES string of the molecule is C=c1cnn(PI)/c1=C\F. The number of nitrogens with zero attached hydrogens (tertiary/aromatic N) is 2. The Bertz CT molecular complexity index is 321. The van der Waals surface area contributed by atoms with E-state index in [2.05, 4.69) is 33.7 Å². The molecule has 0 saturated carbocycles. The number of hydrogen-bond acceptors (Lipinski definition) is 1. The van der Waals surface area contributed by atoms with Crippen LogP contribution in [-0.4, -0.2) is 9.55 Å². The first-order valence-electron chi connectivity index (χ1n) is 2.49. The zero-order valence-corrected chi connectivity index (χ0v) is 8.17. The van der Waals surface area contributed by atoms with E-state index < -0.39 is 0 Å². The van der Waals surface area contributed by atoms with Gasteiger partial charge in [-0.2, -0.15) is 5.10 Å². The minimum atomic E-state index is 0.421. The molecule has 1 aromatic heterocycles. The second kappa shape index (κ2) is 3.44. The molecule has 10 heavy (non-hydrogen) atoms. The molecule has 1 atom stereocenters. The number of hydrogen-bond donors (Lipinski definition) is 0. The molecule has 1 heterocycles. The van der Waals surface area contributed by atoms with E-state index in [4.69, 9.17) is 0 Å². The zero-order valence-electron chi connectivity index (χ0n) is 5.01. The van der Waals surface area contributed by atoms with Gasteiger partial charge in [0.1, 0.15) is 11.7 Å². The summed E-state index contributed by atoms with van der Waals surface area (Å²) < 4.78 is 13.6. The molecule has 0 N–H and O–H groups in total. The summed E-state index contributed by atoms with van der Waals surface area (Å²) in [5, 5.41) is 4.99. The minimum Gasteiger partial charge on any atom is -0.235 e. The van der Waals surface area contributed by atoms with E-state index >= 15 is 0 Å². The molecule has 0 aliphatic carbocycles. The van der Waals surface area contributed by atoms with E-state index in [1.165, 1.54) is 0 Å². The van der Waals surface area contributed by atoms with Gasteiger partial charge in [-0.1, -0.05) is 6.58 Å². The first-order chi connectivity index (χ1) is 4.79. The topological polar surface area (TPSA) is 17.8 Å². The monoisotopic (exact) mass is 270 g/mol. The summed E-state index contributed by atoms with van der Waals surface area (Å²) in [6.07, 6.45) is 2.50. The Kier molecular flexibility index (Phi) is 2.80. The van der Waals surface area contributed by atoms with Crippen LogP contribution in [0.5, 0.6) is 0 Å². The molecule has 0 bridgehead atoms. The van der Waals surface area contributed by atoms with Crippen molar-refractivity contribution in [2.24, 2.45) is 0 Å². The quantitative estimate of drug-likeness (QED) is 0.545. The summed E-state index contributed by atoms with van der Waals surface area (Å²) >= 11 is 2.13. The molecule has 0 aliphatic rings. The molecule has 0 radical (unpaired) electrons. The summed E-state index contributed by atoms with van der Waals surface area (Å²) in [7, 11) is 0. The fourth-order valence-electron chi connectivity index (χ4n) is 0.575. The van der Waals surface area contributed by atoms with Crippen molar-refractivity contribution in [1.82, 2.24) is 9.55 Å². The lowest BCUT2D eigenvalue weighted by Gasteiger charge is -1.89. The van der Waals surface area contributed by atoms with Gasteiger partial charge < -0.3 is 0 Å². The third-order valence-corrected chi connectivity index (χ3v) is 2.96. The average Bonchev–Trinajstić information content (AvgIpc) is 2.30. The summed E-state index contributed by atoms with van der Waals surface area (Å²) in [5.74, 6) is 0. The molecule has 1 unspecified atom stereocenters. The van der Waals surface area contributed by atoms with E-state index in [-0.39, 0.29) is 0 Å². The van der Waals surface area contributed by atoms with Gasteiger partial charge in [0.15, 0.2) is 0 Å². The normalized spacial score (nSPS) is 13.6. The fourth-order valence-corrected chi connectivity index (χ4v) is 2.11. The van der Waals surface area contributed by atoms with Crippen molar-refractivity contribution in [3.05, 3.63) is 16.8 Å². The predicted molar refractivity (Wildman–Crippen MR) is 50.3 cm³/mol. The summed E-state index contributed by atoms with van der Waals surface area (Å²) in [6, 6.07) is 0. The van der Waals surface area contributed by atoms with Crippen LogP contribution in [0.3, 0.4) is 0 Å². The Labute approximate surface area is 72.1 Å². The molecule has 0 saturated heterocycles. The van der Waals surface area contributed by atoms with Crippen LogP contribution < -0.4 is 10.6 Å². The van der Waals surface area contributed by atoms with E-state index in [0.717, 1.165) is 0 Å². The lowest BCUT2D eigenvalue weighted by molar-refractivity contribution is 0.785. The predicted octanol–water partition coefficient (Wildman–Crippen LogP) is 0.792. The van der Waals surface area contributed by atoms with Gasteiger partial charge in [0.25, 0.3) is 0 Å². The highest BCUT2D eigenvalue weighted by Gasteiger charge is 1.92. The number of halogens is 2. The fraction of sp³-hybridized carbons (Fsp3) is 0. The largest absolute Gasteiger partial charge is 0.235 e. The molecule has 1 rings (SSSR count). The van der Waals surface area contributed by atoms with Crippen LogP contribution in [0.4, 0.5) is 4.39 Å². The van der Waals surface area contributed by atoms with E-state index in [1.807, 2.05) is 0 Å². The van der Waals surface area contributed by atoms with Crippen LogP contribution in [0.25, 0.3) is 12.9 Å². The molecule has 5 heteroatoms. The lowest BCUT2D eigenvalue weighted by Crippen LogP contribution is -2.23. The van der Waals surface area contributed by atoms with Gasteiger partial charge >= 0.3 is 0 Å². The minimum absolute atomic E-state index is 0.421. The molecule has 1 aromatic rings. The van der Waals surface area contributed by atoms with Crippen molar-refractivity contribution < 1.29 is 4.39 Å². The smallest absolute Gasteiger partial charge is 0.113 e. The highest BCUT2D eigenvalue weighted by molar-refractivity contribution is 14.2. The van der Waals surface area contributed by atoms with Crippen LogP contribution in [0.2, 0.25) is 0 Å². The maximum atomic E-state index is 12.0. The van der Waals surface area contributed by atoms with Crippen molar-refractivity contribution in [3.8, 4) is 0 Å². The molecule has 0 fully saturated rings. The molecular weight excluding hydrogens is 265 g/mol. The van der Waals surface area contributed by atoms with Gasteiger partial charge in [0.05, 0.1) is 12.6 Å². The number of rotatable bonds is 1. The van der Waals surface area contributed by atoms with E-state index in [9.17, 15) is 4.39 Å². The molecule has 0 aromatic carbocycles. The molecule has 2 nitrogen and oxygen atoms in total. The van der Waals surface area contributed by atoms with Crippen molar-refractivity contribution in [1.29, 1.82) is 0 Å². The Balaban J connectivity index is 3.43. The second-order valence-corrected chi connectivity index (χ2v) is 3.70. The van der Waals surface area contributed by atoms with Gasteiger partial charge in [-0.05, 0) is 22.0 Å². The van der Waals surface area contributed by atoms with Crippen molar-refractivity contribution in [3.63, 3.8) is 0 Å². The average molecular weight is 270 g/mol. The highest BCUT2D eigenvalue weighted by Crippen LogP contribution is 2.18. The maximum absolute atomic E-state index is 12.0. The first kappa shape index (κ1) is 8.14. The standard InChI is InChI=1S/C5H5FIN2P/c1-4-3-8-9(10-7)5(4)2-6/h2-3,10H,1H2/b5-2-. The van der Waals surface area contributed by atoms with E-state index in [0.29, 0.717) is 23.3 Å². The third kappa shape index (κ3) is 1.37. The Morgan fingerprint density at radius 1 is 1.90 bits per heavy atom. The van der Waals surface area contributed by atoms with Crippen LogP contribution >= 0.6 is 28.4 Å². The van der Waals surface area contributed by atoms with Gasteiger partial charge in [-0.15, -0.1) is 0 Å². The first-order valence-corrected chi connectivity index (χ1v) is 6.55. The Morgan fingerprint density at radius 3 is 3.00 bits per heavy atom. The molecular formula is C5H5FIN2P. The third-order valence-electron chi connectivity index (χ3n) is 1.07. The van der Waals surface area contributed by atoms with Gasteiger partial charge in [-0.25, -0.2) is 8.84 Å². The second-order valence-electron chi connectivity index (χ2n) is 1.66. The lowest BCUT2D eigenvalue weighted by atomic mass is 10.5. The molecule has 54 valence electrons. The highest BCUT2D eigenvalue weighted by atomic mass is 127. The molecule has 0 amide bonds. The van der Waals surface area contributed by atoms with Crippen molar-refractivity contribution in [2.45, 2.75) is 0 Å². The van der Waals surface area contributed by atoms with Crippen LogP contribution in [0.1, 0.15) is 0 Å². The van der Waals surface area contributed by atoms with Crippen LogP contribution in [0.15, 0.2) is 6.20 Å². The van der Waals surface area contributed by atoms with Gasteiger partial charge in [-0.3, -0.25) is 0 Å². The van der Waals surface area contributed by atoms with Crippen LogP contribution in [-0.2, 0) is 0 Å². The Morgan fingerprint density at radius 2 is 2.60 bits per heavy atom. The summed E-state index contributed by atoms with van der Waals surface area (Å²) in [4.78, 5) is 0. The molecule has 0 aliphatic heterocycles. The van der Waals surface area contributed by atoms with Gasteiger partial charge in [0, 0.05) is 5.22 Å². The maximum Gasteiger partial charge on any atom is 0.113 e. The van der Waals surface area contributed by atoms with Crippen molar-refractivity contribution >= 4 is 41.3 Å². The number of aromatic nitrogens is 2. The van der Waals surface area contributed by atoms with Crippen LogP contribution in [0, 0.1) is 0 Å². The van der Waals surface area contributed by atoms with E-state index in [1.54, 1.807) is 10.6 Å². The van der Waals surface area contributed by atoms with Crippen molar-refractivity contribution in [2.75, 3.05) is 0 Å².